The average Bonchev–Trinajstić information content (AvgIpc) is 3.22. The van der Waals surface area contributed by atoms with Crippen LogP contribution in [0, 0.1) is 0 Å². The van der Waals surface area contributed by atoms with Gasteiger partial charge in [-0.2, -0.15) is 0 Å². The first-order chi connectivity index (χ1) is 29.6. The summed E-state index contributed by atoms with van der Waals surface area (Å²) in [4.78, 5) is 23.0. The maximum atomic E-state index is 12.7. The minimum Gasteiger partial charge on any atom is -0.457 e. The third-order valence-corrected chi connectivity index (χ3v) is 10.9. The van der Waals surface area contributed by atoms with E-state index >= 15 is 0 Å². The third-order valence-electron chi connectivity index (χ3n) is 9.94. The summed E-state index contributed by atoms with van der Waals surface area (Å²) in [7, 11) is 1.63. The molecule has 0 amide bonds. The molecular weight excluding hydrogens is 782 g/mol. The normalized spacial score (nSPS) is 14.4. The maximum absolute atomic E-state index is 12.7. The zero-order valence-corrected chi connectivity index (χ0v) is 40.8. The van der Waals surface area contributed by atoms with Crippen molar-refractivity contribution in [3.8, 4) is 0 Å². The van der Waals surface area contributed by atoms with E-state index in [4.69, 9.17) is 18.5 Å². The zero-order chi connectivity index (χ0) is 44.8. The number of allylic oxidation sites excluding steroid dienone is 14. The van der Waals surface area contributed by atoms with Gasteiger partial charge in [-0.05, 0) is 89.9 Å². The predicted molar refractivity (Wildman–Crippen MR) is 261 cm³/mol. The molecule has 8 nitrogen and oxygen atoms in total. The fourth-order valence-electron chi connectivity index (χ4n) is 6.20. The summed E-state index contributed by atoms with van der Waals surface area (Å²) in [5.74, 6) is -0.348. The molecule has 0 saturated heterocycles. The van der Waals surface area contributed by atoms with Crippen LogP contribution >= 0.6 is 7.82 Å². The zero-order valence-electron chi connectivity index (χ0n) is 39.9. The van der Waals surface area contributed by atoms with Gasteiger partial charge in [0.1, 0.15) is 19.3 Å². The van der Waals surface area contributed by atoms with E-state index in [2.05, 4.69) is 98.9 Å². The molecule has 0 aromatic rings. The van der Waals surface area contributed by atoms with E-state index in [0.29, 0.717) is 17.6 Å². The van der Waals surface area contributed by atoms with E-state index in [1.807, 2.05) is 21.1 Å². The molecule has 0 heterocycles. The van der Waals surface area contributed by atoms with Crippen molar-refractivity contribution in [2.24, 2.45) is 0 Å². The van der Waals surface area contributed by atoms with Gasteiger partial charge in [-0.1, -0.05) is 170 Å². The summed E-state index contributed by atoms with van der Waals surface area (Å²) in [6, 6.07) is 0. The summed E-state index contributed by atoms with van der Waals surface area (Å²) >= 11 is 0. The molecule has 0 aromatic carbocycles. The molecule has 0 aliphatic carbocycles. The number of quaternary nitrogens is 1. The first-order valence-corrected chi connectivity index (χ1v) is 25.8. The molecule has 0 rings (SSSR count). The second-order valence-corrected chi connectivity index (χ2v) is 18.6. The van der Waals surface area contributed by atoms with Crippen LogP contribution in [0.4, 0.5) is 0 Å². The van der Waals surface area contributed by atoms with Gasteiger partial charge < -0.3 is 18.9 Å². The number of carbonyl (C=O) groups is 1. The summed E-state index contributed by atoms with van der Waals surface area (Å²) in [5, 5.41) is 0. The molecular formula is C52H93NO7P+. The highest BCUT2D eigenvalue weighted by atomic mass is 31.2. The summed E-state index contributed by atoms with van der Waals surface area (Å²) in [6.07, 6.45) is 59.1. The number of rotatable bonds is 44. The van der Waals surface area contributed by atoms with E-state index in [1.165, 1.54) is 83.5 Å². The monoisotopic (exact) mass is 875 g/mol. The van der Waals surface area contributed by atoms with Crippen molar-refractivity contribution >= 4 is 13.8 Å². The van der Waals surface area contributed by atoms with Crippen LogP contribution in [0.15, 0.2) is 85.1 Å². The Labute approximate surface area is 375 Å². The van der Waals surface area contributed by atoms with Gasteiger partial charge in [0.25, 0.3) is 0 Å². The molecule has 1 N–H and O–H groups in total. The summed E-state index contributed by atoms with van der Waals surface area (Å²) in [5.41, 5.74) is 0. The van der Waals surface area contributed by atoms with Crippen LogP contribution < -0.4 is 0 Å². The van der Waals surface area contributed by atoms with Gasteiger partial charge in [-0.3, -0.25) is 13.8 Å². The molecule has 0 spiro atoms. The van der Waals surface area contributed by atoms with Crippen molar-refractivity contribution in [1.29, 1.82) is 0 Å². The van der Waals surface area contributed by atoms with Crippen LogP contribution in [-0.4, -0.2) is 75.6 Å². The van der Waals surface area contributed by atoms with Crippen LogP contribution in [0.5, 0.6) is 0 Å². The van der Waals surface area contributed by atoms with Gasteiger partial charge in [0, 0.05) is 13.0 Å². The van der Waals surface area contributed by atoms with E-state index in [1.54, 1.807) is 0 Å². The van der Waals surface area contributed by atoms with Gasteiger partial charge in [0.2, 0.25) is 0 Å². The standard InChI is InChI=1S/C52H92NO7P/c1-6-8-10-12-14-16-18-20-22-24-26-28-30-32-34-36-38-40-42-44-47-57-49-51(50-59-61(55,56)58-48-46-53(3,4)5)60-52(54)45-43-41-39-37-35-33-31-29-27-25-23-21-19-17-15-13-11-9-7-2/h9,11,14-17,20-23,27,29,33,35,51H,6-8,10,12-13,18-19,24-26,28,30-32,34,36-50H2,1-5H3/p+1/b11-9-,16-14-,17-15-,22-20-,23-21-,29-27-,35-33-. The van der Waals surface area contributed by atoms with E-state index in [-0.39, 0.29) is 32.2 Å². The number of carbonyl (C=O) groups excluding carboxylic acids is 1. The number of nitrogens with zero attached hydrogens (tertiary/aromatic N) is 1. The van der Waals surface area contributed by atoms with E-state index in [0.717, 1.165) is 77.0 Å². The lowest BCUT2D eigenvalue weighted by Gasteiger charge is -2.24. The Morgan fingerprint density at radius 3 is 1.43 bits per heavy atom. The topological polar surface area (TPSA) is 91.3 Å². The Hall–Kier alpha value is -2.32. The predicted octanol–water partition coefficient (Wildman–Crippen LogP) is 14.8. The molecule has 9 heteroatoms. The second kappa shape index (κ2) is 44.3. The number of phosphoric acid groups is 1. The number of unbranched alkanes of at least 4 members (excludes halogenated alkanes) is 16. The van der Waals surface area contributed by atoms with Crippen molar-refractivity contribution in [2.45, 2.75) is 187 Å². The maximum Gasteiger partial charge on any atom is 0.472 e. The van der Waals surface area contributed by atoms with Crippen LogP contribution in [0.3, 0.4) is 0 Å². The van der Waals surface area contributed by atoms with Gasteiger partial charge in [-0.15, -0.1) is 0 Å². The lowest BCUT2D eigenvalue weighted by molar-refractivity contribution is -0.870. The lowest BCUT2D eigenvalue weighted by atomic mass is 10.1. The minimum atomic E-state index is -4.29. The van der Waals surface area contributed by atoms with E-state index < -0.39 is 13.9 Å². The molecule has 0 saturated carbocycles. The number of hydrogen-bond donors (Lipinski definition) is 1. The first kappa shape index (κ1) is 58.7. The van der Waals surface area contributed by atoms with Gasteiger partial charge in [0.15, 0.2) is 0 Å². The molecule has 0 radical (unpaired) electrons. The highest BCUT2D eigenvalue weighted by Gasteiger charge is 2.26. The SMILES string of the molecule is CC/C=C\C/C=C\C/C=C\C/C=C\C/C=C\CCCCCC(=O)OC(COCCCCCCCCCCCC/C=C\C/C=C\CCCCC)COP(=O)(O)OCC[N+](C)(C)C. The molecule has 352 valence electrons. The van der Waals surface area contributed by atoms with E-state index in [9.17, 15) is 14.3 Å². The molecule has 61 heavy (non-hydrogen) atoms. The fourth-order valence-corrected chi connectivity index (χ4v) is 6.94. The number of hydrogen-bond acceptors (Lipinski definition) is 6. The first-order valence-electron chi connectivity index (χ1n) is 24.3. The highest BCUT2D eigenvalue weighted by Crippen LogP contribution is 2.43. The third kappa shape index (κ3) is 48.6. The molecule has 2 atom stereocenters. The minimum absolute atomic E-state index is 0.0768. The molecule has 0 aliphatic rings. The Kier molecular flexibility index (Phi) is 42.6. The quantitative estimate of drug-likeness (QED) is 0.0214. The molecule has 2 unspecified atom stereocenters. The Morgan fingerprint density at radius 2 is 0.951 bits per heavy atom. The molecule has 0 aliphatic heterocycles. The smallest absolute Gasteiger partial charge is 0.457 e. The molecule has 0 bridgehead atoms. The van der Waals surface area contributed by atoms with Gasteiger partial charge in [-0.25, -0.2) is 4.57 Å². The van der Waals surface area contributed by atoms with Crippen LogP contribution in [0.1, 0.15) is 181 Å². The highest BCUT2D eigenvalue weighted by molar-refractivity contribution is 7.47. The largest absolute Gasteiger partial charge is 0.472 e. The average molecular weight is 875 g/mol. The lowest BCUT2D eigenvalue weighted by Crippen LogP contribution is -2.37. The van der Waals surface area contributed by atoms with Crippen molar-refractivity contribution in [1.82, 2.24) is 0 Å². The fraction of sp³-hybridized carbons (Fsp3) is 0.712. The van der Waals surface area contributed by atoms with Crippen molar-refractivity contribution < 1.29 is 37.3 Å². The van der Waals surface area contributed by atoms with Crippen molar-refractivity contribution in [3.05, 3.63) is 85.1 Å². The van der Waals surface area contributed by atoms with Gasteiger partial charge >= 0.3 is 13.8 Å². The summed E-state index contributed by atoms with van der Waals surface area (Å²) < 4.78 is 35.1. The number of likely N-dealkylation sites (N-methyl/N-ethyl adjacent to an activating group) is 1. The Bertz CT molecular complexity index is 1250. The Morgan fingerprint density at radius 1 is 0.525 bits per heavy atom. The number of esters is 1. The Balaban J connectivity index is 4.26. The van der Waals surface area contributed by atoms with Crippen LogP contribution in [0.25, 0.3) is 0 Å². The van der Waals surface area contributed by atoms with Crippen LogP contribution in [0.2, 0.25) is 0 Å². The molecule has 0 fully saturated rings. The summed E-state index contributed by atoms with van der Waals surface area (Å²) in [6.45, 7) is 5.42. The van der Waals surface area contributed by atoms with Crippen LogP contribution in [-0.2, 0) is 27.9 Å². The number of phosphoric ester groups is 1. The van der Waals surface area contributed by atoms with Crippen molar-refractivity contribution in [2.75, 3.05) is 54.1 Å². The second-order valence-electron chi connectivity index (χ2n) is 17.1. The van der Waals surface area contributed by atoms with Gasteiger partial charge in [0.05, 0.1) is 34.4 Å². The van der Waals surface area contributed by atoms with Crippen molar-refractivity contribution in [3.63, 3.8) is 0 Å². The molecule has 0 aromatic heterocycles. The number of ether oxygens (including phenoxy) is 2.